The lowest BCUT2D eigenvalue weighted by atomic mass is 10.1. The molecule has 60 heavy (non-hydrogen) atoms. The minimum Gasteiger partial charge on any atom is -0.489 e. The number of hydrogen-bond donors (Lipinski definition) is 1. The molecule has 332 valence electrons. The van der Waals surface area contributed by atoms with Gasteiger partial charge in [0.05, 0.1) is 13.2 Å². The van der Waals surface area contributed by atoms with Crippen LogP contribution in [-0.2, 0) is 4.79 Å². The molecule has 0 bridgehead atoms. The first-order valence-electron chi connectivity index (χ1n) is 21.9. The summed E-state index contributed by atoms with van der Waals surface area (Å²) in [5, 5.41) is 9.30. The third-order valence-corrected chi connectivity index (χ3v) is 7.90. The van der Waals surface area contributed by atoms with E-state index in [1.54, 1.807) is 54.8 Å². The SMILES string of the molecule is C#CCC.C/C=N\N1C=CC(Oc2ccc(NC(=N/C=C/CCC)c3nc4c(cc3C)OCC(C)CN4CCCCC)cc2F)=CC1.CC.CC(C)C.CC/C=C/C(C)=O. The molecule has 2 aliphatic rings. The van der Waals surface area contributed by atoms with Crippen LogP contribution in [0, 0.1) is 36.9 Å². The number of carbonyl (C=O) groups is 1. The number of allylic oxidation sites excluding steroid dienone is 4. The lowest BCUT2D eigenvalue weighted by Gasteiger charge is -2.25. The molecule has 10 heteroatoms. The van der Waals surface area contributed by atoms with Crippen molar-refractivity contribution >= 4 is 29.3 Å². The summed E-state index contributed by atoms with van der Waals surface area (Å²) >= 11 is 0. The first-order valence-corrected chi connectivity index (χ1v) is 21.9. The monoisotopic (exact) mass is 829 g/mol. The number of rotatable bonds is 14. The van der Waals surface area contributed by atoms with Crippen LogP contribution in [0.4, 0.5) is 15.9 Å². The van der Waals surface area contributed by atoms with Crippen LogP contribution < -0.4 is 19.7 Å². The van der Waals surface area contributed by atoms with E-state index in [1.165, 1.54) is 12.5 Å². The van der Waals surface area contributed by atoms with Crippen LogP contribution >= 0.6 is 0 Å². The smallest absolute Gasteiger partial charge is 0.172 e. The van der Waals surface area contributed by atoms with Crippen molar-refractivity contribution in [3.05, 3.63) is 89.9 Å². The molecule has 0 saturated heterocycles. The number of unbranched alkanes of at least 4 members (excludes halogenated alkanes) is 3. The predicted molar refractivity (Wildman–Crippen MR) is 256 cm³/mol. The zero-order chi connectivity index (χ0) is 45.3. The number of nitrogens with one attached hydrogen (secondary N) is 1. The van der Waals surface area contributed by atoms with Crippen molar-refractivity contribution in [3.8, 4) is 23.8 Å². The molecule has 1 aromatic carbocycles. The van der Waals surface area contributed by atoms with Gasteiger partial charge in [0.15, 0.2) is 34.8 Å². The fourth-order valence-corrected chi connectivity index (χ4v) is 5.16. The molecule has 1 atom stereocenters. The van der Waals surface area contributed by atoms with Gasteiger partial charge in [0.1, 0.15) is 11.5 Å². The zero-order valence-corrected chi connectivity index (χ0v) is 39.3. The normalized spacial score (nSPS) is 14.5. The highest BCUT2D eigenvalue weighted by Crippen LogP contribution is 2.33. The van der Waals surface area contributed by atoms with Gasteiger partial charge in [-0.15, -0.1) is 12.3 Å². The summed E-state index contributed by atoms with van der Waals surface area (Å²) in [5.74, 6) is 6.17. The molecule has 2 aromatic rings. The minimum absolute atomic E-state index is 0.127. The predicted octanol–water partition coefficient (Wildman–Crippen LogP) is 13.1. The van der Waals surface area contributed by atoms with Crippen LogP contribution in [0.1, 0.15) is 139 Å². The number of aromatic nitrogens is 1. The van der Waals surface area contributed by atoms with Crippen LogP contribution in [0.2, 0.25) is 0 Å². The number of pyridine rings is 1. The van der Waals surface area contributed by atoms with E-state index in [-0.39, 0.29) is 11.5 Å². The number of hydrogen-bond acceptors (Lipinski definition) is 8. The second kappa shape index (κ2) is 33.6. The zero-order valence-electron chi connectivity index (χ0n) is 39.3. The van der Waals surface area contributed by atoms with Gasteiger partial charge in [0.25, 0.3) is 0 Å². The lowest BCUT2D eigenvalue weighted by molar-refractivity contribution is -0.112. The van der Waals surface area contributed by atoms with Crippen molar-refractivity contribution in [1.82, 2.24) is 9.99 Å². The van der Waals surface area contributed by atoms with Gasteiger partial charge in [-0.2, -0.15) is 5.10 Å². The average Bonchev–Trinajstić information content (AvgIpc) is 3.37. The number of aryl methyl sites for hydroxylation is 1. The number of hydrazone groups is 1. The fraction of sp³-hybridized carbons (Fsp3) is 0.520. The number of benzene rings is 1. The first kappa shape index (κ1) is 54.8. The lowest BCUT2D eigenvalue weighted by Crippen LogP contribution is -2.30. The Bertz CT molecular complexity index is 1730. The number of ether oxygens (including phenoxy) is 2. The summed E-state index contributed by atoms with van der Waals surface area (Å²) in [5.41, 5.74) is 2.18. The van der Waals surface area contributed by atoms with Gasteiger partial charge in [-0.25, -0.2) is 14.4 Å². The van der Waals surface area contributed by atoms with Crippen LogP contribution in [0.5, 0.6) is 11.5 Å². The summed E-state index contributed by atoms with van der Waals surface area (Å²) in [6, 6.07) is 6.87. The summed E-state index contributed by atoms with van der Waals surface area (Å²) in [6.07, 6.45) is 26.3. The Kier molecular flexibility index (Phi) is 30.7. The number of amidine groups is 1. The van der Waals surface area contributed by atoms with Crippen molar-refractivity contribution in [1.29, 1.82) is 0 Å². The molecule has 3 heterocycles. The maximum Gasteiger partial charge on any atom is 0.172 e. The van der Waals surface area contributed by atoms with Crippen molar-refractivity contribution in [3.63, 3.8) is 0 Å². The van der Waals surface area contributed by atoms with Crippen molar-refractivity contribution in [2.75, 3.05) is 36.5 Å². The van der Waals surface area contributed by atoms with E-state index in [2.05, 4.69) is 62.8 Å². The number of anilines is 2. The molecular formula is C50H77FN6O3. The van der Waals surface area contributed by atoms with Gasteiger partial charge in [-0.1, -0.05) is 101 Å². The average molecular weight is 829 g/mol. The second-order valence-corrected chi connectivity index (χ2v) is 14.7. The molecule has 0 aliphatic carbocycles. The second-order valence-electron chi connectivity index (χ2n) is 14.7. The maximum absolute atomic E-state index is 15.2. The summed E-state index contributed by atoms with van der Waals surface area (Å²) in [7, 11) is 0. The Labute approximate surface area is 364 Å². The molecule has 2 aliphatic heterocycles. The van der Waals surface area contributed by atoms with Gasteiger partial charge in [-0.3, -0.25) is 9.80 Å². The van der Waals surface area contributed by atoms with Gasteiger partial charge < -0.3 is 19.7 Å². The van der Waals surface area contributed by atoms with E-state index in [9.17, 15) is 4.79 Å². The van der Waals surface area contributed by atoms with E-state index in [4.69, 9.17) is 25.9 Å². The Morgan fingerprint density at radius 3 is 2.37 bits per heavy atom. The summed E-state index contributed by atoms with van der Waals surface area (Å²) in [6.45, 7) is 29.4. The number of nitrogens with zero attached hydrogens (tertiary/aromatic N) is 5. The van der Waals surface area contributed by atoms with E-state index in [0.717, 1.165) is 74.7 Å². The van der Waals surface area contributed by atoms with Crippen molar-refractivity contribution in [2.45, 2.75) is 135 Å². The first-order chi connectivity index (χ1) is 28.8. The third kappa shape index (κ3) is 23.4. The molecule has 0 radical (unpaired) electrons. The number of aliphatic imine (C=N–C) groups is 1. The Hall–Kier alpha value is -5.17. The van der Waals surface area contributed by atoms with Crippen molar-refractivity contribution < 1.29 is 18.7 Å². The number of fused-ring (bicyclic) bond motifs is 1. The largest absolute Gasteiger partial charge is 0.489 e. The molecule has 0 fully saturated rings. The third-order valence-electron chi connectivity index (χ3n) is 7.90. The van der Waals surface area contributed by atoms with Gasteiger partial charge >= 0.3 is 0 Å². The molecule has 0 spiro atoms. The Morgan fingerprint density at radius 2 is 1.83 bits per heavy atom. The van der Waals surface area contributed by atoms with Gasteiger partial charge in [-0.05, 0) is 87.9 Å². The number of ketones is 1. The molecular weight excluding hydrogens is 752 g/mol. The highest BCUT2D eigenvalue weighted by Gasteiger charge is 2.25. The van der Waals surface area contributed by atoms with E-state index >= 15 is 4.39 Å². The van der Waals surface area contributed by atoms with Crippen LogP contribution in [0.3, 0.4) is 0 Å². The molecule has 4 rings (SSSR count). The van der Waals surface area contributed by atoms with Crippen molar-refractivity contribution in [2.24, 2.45) is 21.9 Å². The Balaban J connectivity index is 0.00000174. The molecule has 1 N–H and O–H groups in total. The molecule has 0 amide bonds. The van der Waals surface area contributed by atoms with Gasteiger partial charge in [0, 0.05) is 55.8 Å². The highest BCUT2D eigenvalue weighted by molar-refractivity contribution is 6.08. The van der Waals surface area contributed by atoms with Gasteiger partial charge in [0.2, 0.25) is 0 Å². The molecule has 1 aromatic heterocycles. The topological polar surface area (TPSA) is 91.7 Å². The summed E-state index contributed by atoms with van der Waals surface area (Å²) in [4.78, 5) is 22.3. The standard InChI is InChI=1S/C34H45FN6O2.C6H10O.C4H10.C4H6.C2H6/c1-6-9-11-17-36-33(32-26(5)21-31-34(39-32)40(18-12-10-7-2)23-25(4)24-42-31)38-27-13-14-30(29(35)22-27)43-28-15-19-41(20-16-28)37-8-3;1-3-4-5-6(2)7;1-4(2)3;1-3-4-2;1-2/h8,11,13-17,19,21-22,25H,6-7,9-10,12,18,20,23-24H2,1-5H3,(H,36,38);4-5H,3H2,1-2H3;4H,1-3H3;1H,4H2,2H3;1-2H3/b17-11+,37-8-;5-4+;;;. The van der Waals surface area contributed by atoms with Crippen LogP contribution in [0.25, 0.3) is 0 Å². The Morgan fingerprint density at radius 1 is 1.13 bits per heavy atom. The van der Waals surface area contributed by atoms with Crippen LogP contribution in [0.15, 0.2) is 82.9 Å². The maximum atomic E-state index is 15.2. The fourth-order valence-electron chi connectivity index (χ4n) is 5.16. The molecule has 0 saturated carbocycles. The number of terminal acetylenes is 1. The molecule has 1 unspecified atom stereocenters. The van der Waals surface area contributed by atoms with Crippen LogP contribution in [-0.4, -0.2) is 54.1 Å². The number of halogens is 1. The van der Waals surface area contributed by atoms with E-state index < -0.39 is 5.82 Å². The van der Waals surface area contributed by atoms with E-state index in [1.807, 2.05) is 65.8 Å². The highest BCUT2D eigenvalue weighted by atomic mass is 19.1. The molecule has 9 nitrogen and oxygen atoms in total. The minimum atomic E-state index is -0.481. The summed E-state index contributed by atoms with van der Waals surface area (Å²) < 4.78 is 27.3. The van der Waals surface area contributed by atoms with E-state index in [0.29, 0.717) is 42.0 Å². The number of carbonyl (C=O) groups excluding carboxylic acids is 1. The quantitative estimate of drug-likeness (QED) is 0.0666.